The van der Waals surface area contributed by atoms with Crippen LogP contribution in [0.2, 0.25) is 0 Å². The number of unbranched alkanes of at least 4 members (excludes halogenated alkanes) is 2. The first-order valence-electron chi connectivity index (χ1n) is 16.1. The summed E-state index contributed by atoms with van der Waals surface area (Å²) in [6.07, 6.45) is 20.9. The molecule has 0 saturated heterocycles. The van der Waals surface area contributed by atoms with Gasteiger partial charge in [-0.05, 0) is 97.7 Å². The highest BCUT2D eigenvalue weighted by Crippen LogP contribution is 2.67. The summed E-state index contributed by atoms with van der Waals surface area (Å²) in [6, 6.07) is 0. The lowest BCUT2D eigenvalue weighted by Crippen LogP contribution is -2.51. The van der Waals surface area contributed by atoms with Crippen molar-refractivity contribution >= 4 is 17.6 Å². The molecule has 0 N–H and O–H groups in total. The van der Waals surface area contributed by atoms with Crippen LogP contribution in [0.15, 0.2) is 11.6 Å². The molecular weight excluding hydrogens is 476 g/mol. The van der Waals surface area contributed by atoms with Crippen LogP contribution in [0.3, 0.4) is 0 Å². The molecule has 0 heterocycles. The molecule has 3 fully saturated rings. The Morgan fingerprint density at radius 2 is 1.78 bits per heavy atom. The topological polar surface area (TPSA) is 26.3 Å². The molecule has 0 spiro atoms. The first kappa shape index (κ1) is 29.5. The Labute approximate surface area is 234 Å². The predicted octanol–water partition coefficient (Wildman–Crippen LogP) is 10.1. The molecule has 0 bridgehead atoms. The Morgan fingerprint density at radius 1 is 1.00 bits per heavy atom. The molecule has 4 aliphatic rings. The van der Waals surface area contributed by atoms with Gasteiger partial charge < -0.3 is 4.74 Å². The van der Waals surface area contributed by atoms with Crippen LogP contribution < -0.4 is 0 Å². The number of esters is 1. The van der Waals surface area contributed by atoms with Gasteiger partial charge in [-0.1, -0.05) is 91.7 Å². The second-order valence-electron chi connectivity index (χ2n) is 14.6. The first-order valence-corrected chi connectivity index (χ1v) is 16.6. The number of rotatable bonds is 11. The summed E-state index contributed by atoms with van der Waals surface area (Å²) in [4.78, 5) is 12.6. The van der Waals surface area contributed by atoms with E-state index < -0.39 is 5.38 Å². The van der Waals surface area contributed by atoms with E-state index in [0.717, 1.165) is 74.0 Å². The largest absolute Gasteiger partial charge is 0.461 e. The van der Waals surface area contributed by atoms with E-state index in [0.29, 0.717) is 10.8 Å². The summed E-state index contributed by atoms with van der Waals surface area (Å²) in [5.41, 5.74) is 2.44. The number of hydrogen-bond donors (Lipinski definition) is 0. The number of ether oxygens (including phenoxy) is 1. The number of alkyl halides is 1. The molecule has 3 heteroatoms. The number of fused-ring (bicyclic) bond motifs is 5. The Bertz CT molecular complexity index is 804. The highest BCUT2D eigenvalue weighted by atomic mass is 35.5. The van der Waals surface area contributed by atoms with Gasteiger partial charge in [-0.2, -0.15) is 0 Å². The molecule has 212 valence electrons. The summed E-state index contributed by atoms with van der Waals surface area (Å²) < 4.78 is 5.97. The number of carbonyl (C=O) groups excluding carboxylic acids is 1. The van der Waals surface area contributed by atoms with Crippen LogP contribution in [-0.4, -0.2) is 17.5 Å². The maximum absolute atomic E-state index is 12.6. The third-order valence-electron chi connectivity index (χ3n) is 11.9. The van der Waals surface area contributed by atoms with Crippen LogP contribution in [-0.2, 0) is 9.53 Å². The second kappa shape index (κ2) is 12.3. The molecule has 0 amide bonds. The standard InChI is InChI=1S/C34H57ClO2/c1-7-8-9-13-31(35)32(36)37-26-18-20-33(5)25(22-26)14-15-27-29-17-16-28(24(4)12-10-11-23(2)3)34(29,6)21-19-30(27)33/h14,23-24,26-31H,7-13,15-22H2,1-6H3. The van der Waals surface area contributed by atoms with Gasteiger partial charge in [0.15, 0.2) is 0 Å². The fourth-order valence-electron chi connectivity index (χ4n) is 9.68. The quantitative estimate of drug-likeness (QED) is 0.114. The molecule has 0 aromatic carbocycles. The van der Waals surface area contributed by atoms with Gasteiger partial charge in [0.1, 0.15) is 11.5 Å². The van der Waals surface area contributed by atoms with Gasteiger partial charge in [-0.15, -0.1) is 11.6 Å². The van der Waals surface area contributed by atoms with Crippen molar-refractivity contribution in [3.63, 3.8) is 0 Å². The maximum atomic E-state index is 12.6. The summed E-state index contributed by atoms with van der Waals surface area (Å²) in [5.74, 6) is 4.99. The number of hydrogen-bond acceptors (Lipinski definition) is 2. The zero-order valence-corrected chi connectivity index (χ0v) is 25.8. The van der Waals surface area contributed by atoms with Crippen LogP contribution >= 0.6 is 11.6 Å². The molecule has 9 atom stereocenters. The molecule has 2 nitrogen and oxygen atoms in total. The molecule has 9 unspecified atom stereocenters. The maximum Gasteiger partial charge on any atom is 0.324 e. The molecule has 4 aliphatic carbocycles. The van der Waals surface area contributed by atoms with Crippen molar-refractivity contribution in [3.8, 4) is 0 Å². The minimum absolute atomic E-state index is 0.0206. The van der Waals surface area contributed by atoms with Gasteiger partial charge in [-0.3, -0.25) is 4.79 Å². The molecule has 0 aliphatic heterocycles. The molecule has 0 aromatic heterocycles. The lowest BCUT2D eigenvalue weighted by atomic mass is 9.47. The van der Waals surface area contributed by atoms with Crippen molar-refractivity contribution in [1.29, 1.82) is 0 Å². The van der Waals surface area contributed by atoms with E-state index in [-0.39, 0.29) is 12.1 Å². The molecule has 0 radical (unpaired) electrons. The number of halogens is 1. The molecule has 4 rings (SSSR count). The van der Waals surface area contributed by atoms with E-state index in [2.05, 4.69) is 47.6 Å². The van der Waals surface area contributed by atoms with Crippen molar-refractivity contribution in [2.45, 2.75) is 149 Å². The Balaban J connectivity index is 1.38. The van der Waals surface area contributed by atoms with Gasteiger partial charge in [0, 0.05) is 6.42 Å². The number of carbonyl (C=O) groups is 1. The molecule has 37 heavy (non-hydrogen) atoms. The van der Waals surface area contributed by atoms with Gasteiger partial charge in [-0.25, -0.2) is 0 Å². The highest BCUT2D eigenvalue weighted by Gasteiger charge is 2.59. The lowest BCUT2D eigenvalue weighted by molar-refractivity contribution is -0.151. The predicted molar refractivity (Wildman–Crippen MR) is 157 cm³/mol. The molecular formula is C34H57ClO2. The lowest BCUT2D eigenvalue weighted by Gasteiger charge is -2.58. The van der Waals surface area contributed by atoms with Crippen molar-refractivity contribution in [1.82, 2.24) is 0 Å². The summed E-state index contributed by atoms with van der Waals surface area (Å²) in [7, 11) is 0. The Hall–Kier alpha value is -0.500. The third-order valence-corrected chi connectivity index (χ3v) is 12.3. The normalized spacial score (nSPS) is 38.8. The fourth-order valence-corrected chi connectivity index (χ4v) is 9.89. The SMILES string of the molecule is CCCCCC(Cl)C(=O)OC1CCC2(C)C(=CCC3C2CCC2(C)C(C(C)CCCC(C)C)CCC32)C1. The fraction of sp³-hybridized carbons (Fsp3) is 0.912. The van der Waals surface area contributed by atoms with Crippen LogP contribution in [0.5, 0.6) is 0 Å². The summed E-state index contributed by atoms with van der Waals surface area (Å²) in [5, 5.41) is -0.483. The van der Waals surface area contributed by atoms with E-state index in [9.17, 15) is 4.79 Å². The first-order chi connectivity index (χ1) is 17.6. The van der Waals surface area contributed by atoms with Crippen LogP contribution in [0.4, 0.5) is 0 Å². The van der Waals surface area contributed by atoms with E-state index >= 15 is 0 Å². The minimum Gasteiger partial charge on any atom is -0.461 e. The van der Waals surface area contributed by atoms with Gasteiger partial charge in [0.2, 0.25) is 0 Å². The smallest absolute Gasteiger partial charge is 0.324 e. The van der Waals surface area contributed by atoms with E-state index in [1.54, 1.807) is 5.57 Å². The van der Waals surface area contributed by atoms with E-state index in [1.165, 1.54) is 57.8 Å². The van der Waals surface area contributed by atoms with Crippen molar-refractivity contribution < 1.29 is 9.53 Å². The van der Waals surface area contributed by atoms with Crippen molar-refractivity contribution in [2.75, 3.05) is 0 Å². The molecule has 0 aromatic rings. The minimum atomic E-state index is -0.483. The zero-order chi connectivity index (χ0) is 26.8. The van der Waals surface area contributed by atoms with Crippen molar-refractivity contribution in [3.05, 3.63) is 11.6 Å². The second-order valence-corrected chi connectivity index (χ2v) is 15.1. The van der Waals surface area contributed by atoms with Gasteiger partial charge in [0.25, 0.3) is 0 Å². The number of allylic oxidation sites excluding steroid dienone is 1. The van der Waals surface area contributed by atoms with Gasteiger partial charge in [0.05, 0.1) is 0 Å². The third kappa shape index (κ3) is 6.15. The van der Waals surface area contributed by atoms with Crippen LogP contribution in [0, 0.1) is 46.3 Å². The average molecular weight is 533 g/mol. The van der Waals surface area contributed by atoms with Crippen LogP contribution in [0.1, 0.15) is 138 Å². The highest BCUT2D eigenvalue weighted by molar-refractivity contribution is 6.29. The zero-order valence-electron chi connectivity index (χ0n) is 25.0. The van der Waals surface area contributed by atoms with Crippen molar-refractivity contribution in [2.24, 2.45) is 46.3 Å². The summed E-state index contributed by atoms with van der Waals surface area (Å²) in [6.45, 7) is 14.7. The Morgan fingerprint density at radius 3 is 2.51 bits per heavy atom. The van der Waals surface area contributed by atoms with E-state index in [4.69, 9.17) is 16.3 Å². The molecule has 3 saturated carbocycles. The average Bonchev–Trinajstić information content (AvgIpc) is 3.21. The van der Waals surface area contributed by atoms with E-state index in [1.807, 2.05) is 0 Å². The monoisotopic (exact) mass is 532 g/mol. The van der Waals surface area contributed by atoms with Gasteiger partial charge >= 0.3 is 5.97 Å². The van der Waals surface area contributed by atoms with Crippen LogP contribution in [0.25, 0.3) is 0 Å². The Kier molecular flexibility index (Phi) is 9.84. The summed E-state index contributed by atoms with van der Waals surface area (Å²) >= 11 is 6.39.